The Kier molecular flexibility index (Phi) is 7.14. The second-order valence-electron chi connectivity index (χ2n) is 7.56. The molecule has 0 fully saturated rings. The van der Waals surface area contributed by atoms with Crippen molar-refractivity contribution in [2.45, 2.75) is 25.9 Å². The lowest BCUT2D eigenvalue weighted by Gasteiger charge is -2.15. The Labute approximate surface area is 204 Å². The first-order valence-corrected chi connectivity index (χ1v) is 12.5. The van der Waals surface area contributed by atoms with Gasteiger partial charge in [0.1, 0.15) is 4.70 Å². The molecule has 2 aromatic heterocycles. The number of para-hydroxylation sites is 1. The van der Waals surface area contributed by atoms with Crippen molar-refractivity contribution in [3.05, 3.63) is 81.0 Å². The summed E-state index contributed by atoms with van der Waals surface area (Å²) in [5.41, 5.74) is 3.86. The predicted molar refractivity (Wildman–Crippen MR) is 136 cm³/mol. The zero-order valence-electron chi connectivity index (χ0n) is 19.0. The molecule has 0 aliphatic rings. The Morgan fingerprint density at radius 2 is 1.94 bits per heavy atom. The highest BCUT2D eigenvalue weighted by atomic mass is 32.2. The minimum atomic E-state index is -0.501. The third-order valence-electron chi connectivity index (χ3n) is 5.07. The highest BCUT2D eigenvalue weighted by Gasteiger charge is 2.18. The van der Waals surface area contributed by atoms with Crippen LogP contribution >= 0.6 is 23.1 Å². The summed E-state index contributed by atoms with van der Waals surface area (Å²) in [4.78, 5) is 43.0. The van der Waals surface area contributed by atoms with Crippen LogP contribution in [0.5, 0.6) is 0 Å². The van der Waals surface area contributed by atoms with E-state index in [1.54, 1.807) is 41.8 Å². The summed E-state index contributed by atoms with van der Waals surface area (Å²) < 4.78 is 7.20. The fraction of sp³-hybridized carbons (Fsp3) is 0.200. The highest BCUT2D eigenvalue weighted by Crippen LogP contribution is 2.26. The molecule has 1 amide bonds. The second kappa shape index (κ2) is 10.2. The number of aromatic nitrogens is 2. The van der Waals surface area contributed by atoms with Crippen molar-refractivity contribution < 1.29 is 14.3 Å². The largest absolute Gasteiger partial charge is 0.462 e. The molecule has 0 spiro atoms. The van der Waals surface area contributed by atoms with Crippen LogP contribution in [0.3, 0.4) is 0 Å². The number of nitrogens with zero attached hydrogens (tertiary/aromatic N) is 2. The number of rotatable bonds is 7. The number of nitrogens with one attached hydrogen (secondary N) is 1. The van der Waals surface area contributed by atoms with Gasteiger partial charge in [-0.25, -0.2) is 9.78 Å². The Morgan fingerprint density at radius 3 is 2.71 bits per heavy atom. The van der Waals surface area contributed by atoms with Crippen molar-refractivity contribution in [1.82, 2.24) is 9.55 Å². The molecule has 4 aromatic rings. The summed E-state index contributed by atoms with van der Waals surface area (Å²) in [6, 6.07) is 14.3. The van der Waals surface area contributed by atoms with Crippen molar-refractivity contribution in [2.75, 3.05) is 17.7 Å². The van der Waals surface area contributed by atoms with Crippen LogP contribution in [-0.2, 0) is 9.53 Å². The molecule has 0 aliphatic carbocycles. The molecule has 174 valence electrons. The number of ether oxygens (including phenoxy) is 1. The van der Waals surface area contributed by atoms with Gasteiger partial charge in [0.2, 0.25) is 5.91 Å². The summed E-state index contributed by atoms with van der Waals surface area (Å²) in [6.07, 6.45) is 0. The van der Waals surface area contributed by atoms with Gasteiger partial charge in [0.25, 0.3) is 5.56 Å². The number of carbonyl (C=O) groups excluding carboxylic acids is 2. The molecule has 0 radical (unpaired) electrons. The molecule has 4 rings (SSSR count). The average Bonchev–Trinajstić information content (AvgIpc) is 3.28. The van der Waals surface area contributed by atoms with Gasteiger partial charge in [0, 0.05) is 0 Å². The maximum absolute atomic E-state index is 13.3. The lowest BCUT2D eigenvalue weighted by atomic mass is 10.1. The Balaban J connectivity index is 1.63. The van der Waals surface area contributed by atoms with E-state index in [9.17, 15) is 14.4 Å². The van der Waals surface area contributed by atoms with Gasteiger partial charge < -0.3 is 10.1 Å². The van der Waals surface area contributed by atoms with Gasteiger partial charge in [-0.3, -0.25) is 14.2 Å². The maximum Gasteiger partial charge on any atom is 0.340 e. The number of benzene rings is 2. The zero-order chi connectivity index (χ0) is 24.2. The number of hydrogen-bond acceptors (Lipinski definition) is 7. The maximum atomic E-state index is 13.3. The van der Waals surface area contributed by atoms with Crippen LogP contribution in [0, 0.1) is 13.8 Å². The van der Waals surface area contributed by atoms with E-state index in [2.05, 4.69) is 10.3 Å². The van der Waals surface area contributed by atoms with E-state index in [-0.39, 0.29) is 29.4 Å². The van der Waals surface area contributed by atoms with Gasteiger partial charge in [-0.1, -0.05) is 41.6 Å². The minimum absolute atomic E-state index is 0.00412. The summed E-state index contributed by atoms with van der Waals surface area (Å²) in [5, 5.41) is 5.03. The summed E-state index contributed by atoms with van der Waals surface area (Å²) in [6.45, 7) is 5.90. The molecular formula is C25H23N3O4S2. The average molecular weight is 494 g/mol. The molecule has 0 atom stereocenters. The van der Waals surface area contributed by atoms with E-state index in [4.69, 9.17) is 4.74 Å². The number of thioether (sulfide) groups is 1. The zero-order valence-corrected chi connectivity index (χ0v) is 20.6. The van der Waals surface area contributed by atoms with Crippen LogP contribution in [0.4, 0.5) is 5.69 Å². The molecule has 34 heavy (non-hydrogen) atoms. The first kappa shape index (κ1) is 23.7. The van der Waals surface area contributed by atoms with Gasteiger partial charge >= 0.3 is 5.97 Å². The third-order valence-corrected chi connectivity index (χ3v) is 6.90. The molecule has 0 saturated heterocycles. The van der Waals surface area contributed by atoms with Crippen molar-refractivity contribution in [1.29, 1.82) is 0 Å². The van der Waals surface area contributed by atoms with E-state index in [0.717, 1.165) is 16.8 Å². The molecule has 0 saturated carbocycles. The fourth-order valence-corrected chi connectivity index (χ4v) is 5.12. The standard InChI is InChI=1S/C25H23N3O4S2/c1-4-32-24(31)17-7-5-6-8-18(17)26-21(29)14-34-25-27-19-11-12-33-22(19)23(30)28(25)20-10-9-15(2)13-16(20)3/h5-13H,4,14H2,1-3H3,(H,26,29). The summed E-state index contributed by atoms with van der Waals surface area (Å²) >= 11 is 2.51. The van der Waals surface area contributed by atoms with Crippen LogP contribution in [-0.4, -0.2) is 33.8 Å². The van der Waals surface area contributed by atoms with E-state index in [1.807, 2.05) is 37.4 Å². The van der Waals surface area contributed by atoms with E-state index >= 15 is 0 Å². The predicted octanol–water partition coefficient (Wildman–Crippen LogP) is 4.97. The smallest absolute Gasteiger partial charge is 0.340 e. The Hall–Kier alpha value is -3.43. The van der Waals surface area contributed by atoms with E-state index < -0.39 is 5.97 Å². The highest BCUT2D eigenvalue weighted by molar-refractivity contribution is 7.99. The second-order valence-corrected chi connectivity index (χ2v) is 9.42. The SMILES string of the molecule is CCOC(=O)c1ccccc1NC(=O)CSc1nc2ccsc2c(=O)n1-c1ccc(C)cc1C. The Bertz CT molecular complexity index is 1440. The normalized spacial score (nSPS) is 10.9. The molecule has 0 unspecified atom stereocenters. The lowest BCUT2D eigenvalue weighted by Crippen LogP contribution is -2.23. The summed E-state index contributed by atoms with van der Waals surface area (Å²) in [5.74, 6) is -0.822. The number of aryl methyl sites for hydroxylation is 2. The number of amides is 1. The van der Waals surface area contributed by atoms with Crippen molar-refractivity contribution in [2.24, 2.45) is 0 Å². The molecule has 2 heterocycles. The molecule has 7 nitrogen and oxygen atoms in total. The van der Waals surface area contributed by atoms with Gasteiger partial charge in [-0.05, 0) is 56.0 Å². The number of fused-ring (bicyclic) bond motifs is 1. The molecule has 1 N–H and O–H groups in total. The van der Waals surface area contributed by atoms with Crippen molar-refractivity contribution >= 4 is 50.9 Å². The van der Waals surface area contributed by atoms with Crippen LogP contribution in [0.1, 0.15) is 28.4 Å². The van der Waals surface area contributed by atoms with Gasteiger partial charge in [-0.15, -0.1) is 11.3 Å². The number of hydrogen-bond donors (Lipinski definition) is 1. The molecule has 0 aliphatic heterocycles. The Morgan fingerprint density at radius 1 is 1.15 bits per heavy atom. The lowest BCUT2D eigenvalue weighted by molar-refractivity contribution is -0.113. The van der Waals surface area contributed by atoms with Crippen LogP contribution in [0.2, 0.25) is 0 Å². The van der Waals surface area contributed by atoms with Crippen LogP contribution < -0.4 is 10.9 Å². The minimum Gasteiger partial charge on any atom is -0.462 e. The summed E-state index contributed by atoms with van der Waals surface area (Å²) in [7, 11) is 0. The van der Waals surface area contributed by atoms with Crippen molar-refractivity contribution in [3.8, 4) is 5.69 Å². The van der Waals surface area contributed by atoms with Crippen LogP contribution in [0.25, 0.3) is 15.9 Å². The molecule has 0 bridgehead atoms. The number of anilines is 1. The fourth-order valence-electron chi connectivity index (χ4n) is 3.55. The van der Waals surface area contributed by atoms with Gasteiger partial charge in [-0.2, -0.15) is 0 Å². The number of thiophene rings is 1. The number of esters is 1. The van der Waals surface area contributed by atoms with Crippen LogP contribution in [0.15, 0.2) is 63.9 Å². The van der Waals surface area contributed by atoms with Gasteiger partial charge in [0.05, 0.1) is 34.8 Å². The van der Waals surface area contributed by atoms with Crippen molar-refractivity contribution in [3.63, 3.8) is 0 Å². The van der Waals surface area contributed by atoms with E-state index in [0.29, 0.717) is 21.1 Å². The van der Waals surface area contributed by atoms with Gasteiger partial charge in [0.15, 0.2) is 5.16 Å². The first-order chi connectivity index (χ1) is 16.4. The third kappa shape index (κ3) is 4.90. The molecule has 9 heteroatoms. The molecular weight excluding hydrogens is 470 g/mol. The monoisotopic (exact) mass is 493 g/mol. The molecule has 2 aromatic carbocycles. The van der Waals surface area contributed by atoms with E-state index in [1.165, 1.54) is 23.1 Å². The quantitative estimate of drug-likeness (QED) is 0.222. The topological polar surface area (TPSA) is 90.3 Å². The number of carbonyl (C=O) groups is 2. The first-order valence-electron chi connectivity index (χ1n) is 10.7.